The summed E-state index contributed by atoms with van der Waals surface area (Å²) in [4.78, 5) is 26.1. The number of amides is 1. The number of ether oxygens (including phenoxy) is 1. The van der Waals surface area contributed by atoms with E-state index in [0.29, 0.717) is 23.5 Å². The Morgan fingerprint density at radius 2 is 2.20 bits per heavy atom. The summed E-state index contributed by atoms with van der Waals surface area (Å²) in [5.41, 5.74) is 2.38. The number of thiophene rings is 1. The second-order valence-corrected chi connectivity index (χ2v) is 8.17. The Balaban J connectivity index is 1.48. The highest BCUT2D eigenvalue weighted by Gasteiger charge is 2.18. The lowest BCUT2D eigenvalue weighted by atomic mass is 10.1. The molecule has 0 saturated carbocycles. The maximum atomic E-state index is 12.7. The summed E-state index contributed by atoms with van der Waals surface area (Å²) in [7, 11) is 0. The number of anilines is 1. The second-order valence-electron chi connectivity index (χ2n) is 7.39. The summed E-state index contributed by atoms with van der Waals surface area (Å²) in [6.45, 7) is 5.50. The molecule has 1 amide bonds. The van der Waals surface area contributed by atoms with Crippen LogP contribution >= 0.6 is 11.3 Å². The van der Waals surface area contributed by atoms with Crippen molar-refractivity contribution in [1.82, 2.24) is 24.8 Å². The molecule has 1 atom stereocenters. The zero-order chi connectivity index (χ0) is 20.9. The van der Waals surface area contributed by atoms with Gasteiger partial charge in [-0.15, -0.1) is 0 Å². The molecule has 4 heterocycles. The summed E-state index contributed by atoms with van der Waals surface area (Å²) in [5.74, 6) is 1.08. The van der Waals surface area contributed by atoms with E-state index in [2.05, 4.69) is 37.9 Å². The summed E-state index contributed by atoms with van der Waals surface area (Å²) < 4.78 is 7.17. The predicted molar refractivity (Wildman–Crippen MR) is 116 cm³/mol. The molecule has 2 N–H and O–H groups in total. The second kappa shape index (κ2) is 9.36. The molecule has 0 bridgehead atoms. The first-order valence-electron chi connectivity index (χ1n) is 10.2. The topological polar surface area (TPSA) is 94.0 Å². The van der Waals surface area contributed by atoms with Gasteiger partial charge in [0.1, 0.15) is 17.8 Å². The fourth-order valence-corrected chi connectivity index (χ4v) is 4.19. The van der Waals surface area contributed by atoms with Crippen LogP contribution in [-0.4, -0.2) is 44.7 Å². The molecule has 1 aliphatic rings. The number of aromatic nitrogens is 4. The van der Waals surface area contributed by atoms with Crippen molar-refractivity contribution in [3.63, 3.8) is 0 Å². The van der Waals surface area contributed by atoms with Crippen LogP contribution in [0.4, 0.5) is 5.95 Å². The summed E-state index contributed by atoms with van der Waals surface area (Å²) in [6.07, 6.45) is 7.80. The van der Waals surface area contributed by atoms with Gasteiger partial charge >= 0.3 is 0 Å². The van der Waals surface area contributed by atoms with E-state index in [0.717, 1.165) is 43.6 Å². The van der Waals surface area contributed by atoms with E-state index in [1.165, 1.54) is 0 Å². The lowest BCUT2D eigenvalue weighted by Gasteiger charge is -2.23. The van der Waals surface area contributed by atoms with E-state index in [4.69, 9.17) is 4.74 Å². The number of nitrogens with one attached hydrogen (secondary N) is 2. The molecular formula is C21H26N6O2S. The molecule has 1 fully saturated rings. The molecule has 0 aromatic carbocycles. The molecule has 1 saturated heterocycles. The van der Waals surface area contributed by atoms with Gasteiger partial charge in [0, 0.05) is 37.2 Å². The van der Waals surface area contributed by atoms with Gasteiger partial charge in [0.05, 0.1) is 6.04 Å². The Morgan fingerprint density at radius 1 is 1.37 bits per heavy atom. The Kier molecular flexibility index (Phi) is 6.39. The number of hydrogen-bond donors (Lipinski definition) is 2. The summed E-state index contributed by atoms with van der Waals surface area (Å²) in [6, 6.07) is 2.32. The van der Waals surface area contributed by atoms with Crippen molar-refractivity contribution in [2.45, 2.75) is 45.2 Å². The van der Waals surface area contributed by atoms with Crippen molar-refractivity contribution in [2.75, 3.05) is 18.5 Å². The van der Waals surface area contributed by atoms with E-state index in [1.807, 2.05) is 18.4 Å². The van der Waals surface area contributed by atoms with Crippen molar-refractivity contribution < 1.29 is 9.53 Å². The molecule has 1 unspecified atom stereocenters. The van der Waals surface area contributed by atoms with E-state index in [1.54, 1.807) is 34.6 Å². The molecule has 3 aromatic heterocycles. The zero-order valence-electron chi connectivity index (χ0n) is 17.2. The van der Waals surface area contributed by atoms with Crippen LogP contribution in [0.3, 0.4) is 0 Å². The minimum atomic E-state index is -0.195. The van der Waals surface area contributed by atoms with Gasteiger partial charge in [-0.05, 0) is 48.6 Å². The van der Waals surface area contributed by atoms with Crippen LogP contribution in [0.2, 0.25) is 0 Å². The first kappa shape index (κ1) is 20.5. The number of carbonyl (C=O) groups excluding carboxylic acids is 1. The molecule has 3 aromatic rings. The van der Waals surface area contributed by atoms with Crippen LogP contribution < -0.4 is 10.6 Å². The van der Waals surface area contributed by atoms with Crippen molar-refractivity contribution in [1.29, 1.82) is 0 Å². The zero-order valence-corrected chi connectivity index (χ0v) is 18.0. The van der Waals surface area contributed by atoms with E-state index >= 15 is 0 Å². The third kappa shape index (κ3) is 4.68. The van der Waals surface area contributed by atoms with Gasteiger partial charge in [0.15, 0.2) is 0 Å². The highest BCUT2D eigenvalue weighted by Crippen LogP contribution is 2.20. The van der Waals surface area contributed by atoms with Gasteiger partial charge in [0.2, 0.25) is 5.95 Å². The molecule has 9 heteroatoms. The molecule has 30 heavy (non-hydrogen) atoms. The molecular weight excluding hydrogens is 400 g/mol. The first-order valence-corrected chi connectivity index (χ1v) is 11.1. The van der Waals surface area contributed by atoms with Crippen LogP contribution in [0.1, 0.15) is 53.8 Å². The lowest BCUT2D eigenvalue weighted by Crippen LogP contribution is -2.28. The van der Waals surface area contributed by atoms with E-state index in [-0.39, 0.29) is 11.9 Å². The molecule has 8 nitrogen and oxygen atoms in total. The van der Waals surface area contributed by atoms with E-state index < -0.39 is 0 Å². The average Bonchev–Trinajstić information content (AvgIpc) is 3.46. The van der Waals surface area contributed by atoms with Crippen LogP contribution in [0.15, 0.2) is 35.5 Å². The van der Waals surface area contributed by atoms with Crippen molar-refractivity contribution in [2.24, 2.45) is 0 Å². The molecule has 0 spiro atoms. The lowest BCUT2D eigenvalue weighted by molar-refractivity contribution is 0.0903. The smallest absolute Gasteiger partial charge is 0.271 e. The standard InChI is InChI=1S/C21H26N6O2S/c1-3-17(15-6-9-30-12-15)25-20(28)18-11-27(13-23-18)19-14(2)10-22-21(26-19)24-16-4-7-29-8-5-16/h6,9-13,16-17H,3-5,7-8H2,1-2H3,(H,25,28)(H,22,24,26). The summed E-state index contributed by atoms with van der Waals surface area (Å²) >= 11 is 1.62. The fourth-order valence-electron chi connectivity index (χ4n) is 3.47. The first-order chi connectivity index (χ1) is 14.6. The van der Waals surface area contributed by atoms with Crippen molar-refractivity contribution >= 4 is 23.2 Å². The average molecular weight is 427 g/mol. The number of nitrogens with zero attached hydrogens (tertiary/aromatic N) is 4. The molecule has 0 radical (unpaired) electrons. The van der Waals surface area contributed by atoms with Crippen LogP contribution in [-0.2, 0) is 4.74 Å². The number of rotatable bonds is 7. The number of carbonyl (C=O) groups is 1. The predicted octanol–water partition coefficient (Wildman–Crippen LogP) is 3.50. The molecule has 158 valence electrons. The third-order valence-corrected chi connectivity index (χ3v) is 5.92. The van der Waals surface area contributed by atoms with Crippen LogP contribution in [0.25, 0.3) is 5.82 Å². The Labute approximate surface area is 179 Å². The maximum absolute atomic E-state index is 12.7. The summed E-state index contributed by atoms with van der Waals surface area (Å²) in [5, 5.41) is 10.5. The Morgan fingerprint density at radius 3 is 2.93 bits per heavy atom. The van der Waals surface area contributed by atoms with Gasteiger partial charge in [-0.3, -0.25) is 9.36 Å². The quantitative estimate of drug-likeness (QED) is 0.601. The Bertz CT molecular complexity index is 981. The van der Waals surface area contributed by atoms with Gasteiger partial charge < -0.3 is 15.4 Å². The number of aryl methyl sites for hydroxylation is 1. The minimum Gasteiger partial charge on any atom is -0.381 e. The van der Waals surface area contributed by atoms with Crippen LogP contribution in [0, 0.1) is 6.92 Å². The highest BCUT2D eigenvalue weighted by molar-refractivity contribution is 7.08. The fraction of sp³-hybridized carbons (Fsp3) is 0.429. The highest BCUT2D eigenvalue weighted by atomic mass is 32.1. The monoisotopic (exact) mass is 426 g/mol. The van der Waals surface area contributed by atoms with Gasteiger partial charge in [-0.1, -0.05) is 6.92 Å². The van der Waals surface area contributed by atoms with Gasteiger partial charge in [-0.2, -0.15) is 16.3 Å². The largest absolute Gasteiger partial charge is 0.381 e. The SMILES string of the molecule is CCC(NC(=O)c1cn(-c2nc(NC3CCOCC3)ncc2C)cn1)c1ccsc1. The normalized spacial score (nSPS) is 15.7. The molecule has 4 rings (SSSR count). The van der Waals surface area contributed by atoms with E-state index in [9.17, 15) is 4.79 Å². The Hall–Kier alpha value is -2.78. The number of imidazole rings is 1. The third-order valence-electron chi connectivity index (χ3n) is 5.22. The van der Waals surface area contributed by atoms with Gasteiger partial charge in [0.25, 0.3) is 5.91 Å². The van der Waals surface area contributed by atoms with Gasteiger partial charge in [-0.25, -0.2) is 9.97 Å². The molecule has 1 aliphatic heterocycles. The maximum Gasteiger partial charge on any atom is 0.271 e. The van der Waals surface area contributed by atoms with Crippen LogP contribution in [0.5, 0.6) is 0 Å². The van der Waals surface area contributed by atoms with Crippen molar-refractivity contribution in [3.8, 4) is 5.82 Å². The number of hydrogen-bond acceptors (Lipinski definition) is 7. The molecule has 0 aliphatic carbocycles. The van der Waals surface area contributed by atoms with Crippen molar-refractivity contribution in [3.05, 3.63) is 52.4 Å². The minimum absolute atomic E-state index is 0.0232.